The van der Waals surface area contributed by atoms with Crippen molar-refractivity contribution in [2.24, 2.45) is 0 Å². The van der Waals surface area contributed by atoms with Crippen LogP contribution in [0.25, 0.3) is 0 Å². The lowest BCUT2D eigenvalue weighted by Crippen LogP contribution is -2.56. The van der Waals surface area contributed by atoms with Crippen LogP contribution in [0.1, 0.15) is 90.7 Å². The van der Waals surface area contributed by atoms with Crippen LogP contribution < -0.4 is 10.6 Å². The first kappa shape index (κ1) is 12.7. The minimum atomic E-state index is -3.58. The largest absolute Gasteiger partial charge is 0.381 e. The highest BCUT2D eigenvalue weighted by Gasteiger charge is 2.40. The number of hydrogen-bond donors (Lipinski definition) is 2. The Balaban J connectivity index is 1.60. The molecule has 0 bridgehead atoms. The molecule has 0 aliphatic carbocycles. The smallest absolute Gasteiger partial charge is 0.255 e. The van der Waals surface area contributed by atoms with Crippen molar-refractivity contribution in [2.75, 3.05) is 18.3 Å². The van der Waals surface area contributed by atoms with Gasteiger partial charge in [-0.1, -0.05) is 24.3 Å². The second-order valence-electron chi connectivity index (χ2n) is 9.24. The summed E-state index contributed by atoms with van der Waals surface area (Å²) in [4.78, 5) is 38.7. The summed E-state index contributed by atoms with van der Waals surface area (Å²) in [5, 5.41) is 3.84. The van der Waals surface area contributed by atoms with Gasteiger partial charge in [0.15, 0.2) is 0 Å². The van der Waals surface area contributed by atoms with E-state index in [-0.39, 0.29) is 9.80 Å². The number of carbonyl (C=O) groups is 3. The molecule has 3 aliphatic heterocycles. The van der Waals surface area contributed by atoms with Gasteiger partial charge in [-0.3, -0.25) is 24.6 Å². The molecule has 202 valence electrons. The van der Waals surface area contributed by atoms with Crippen molar-refractivity contribution < 1.29 is 46.8 Å². The van der Waals surface area contributed by atoms with E-state index >= 15 is 4.39 Å². The Morgan fingerprint density at radius 2 is 1.89 bits per heavy atom. The highest BCUT2D eigenvalue weighted by Crippen LogP contribution is 2.33. The lowest BCUT2D eigenvalue weighted by atomic mass is 9.98. The number of morpholine rings is 1. The van der Waals surface area contributed by atoms with Gasteiger partial charge in [-0.2, -0.15) is 0 Å². The third kappa shape index (κ3) is 5.31. The van der Waals surface area contributed by atoms with Crippen LogP contribution in [0.15, 0.2) is 36.4 Å². The molecule has 2 aromatic carbocycles. The number of ether oxygens (including phenoxy) is 1. The number of hydrogen-bond acceptors (Lipinski definition) is 6. The number of amides is 3. The fraction of sp³-hybridized carbons (Fsp3) is 0.483. The van der Waals surface area contributed by atoms with Crippen molar-refractivity contribution in [3.05, 3.63) is 64.5 Å². The molecule has 2 aromatic rings. The molecule has 0 spiro atoms. The molecule has 9 heteroatoms. The van der Waals surface area contributed by atoms with Crippen molar-refractivity contribution in [3.8, 4) is 0 Å². The molecule has 2 N–H and O–H groups in total. The molecule has 3 aliphatic rings. The Morgan fingerprint density at radius 3 is 2.68 bits per heavy atom. The number of anilines is 1. The quantitative estimate of drug-likeness (QED) is 0.546. The van der Waals surface area contributed by atoms with Gasteiger partial charge < -0.3 is 15.0 Å². The second-order valence-corrected chi connectivity index (χ2v) is 9.24. The number of nitrogens with zero attached hydrogens (tertiary/aromatic N) is 2. The highest BCUT2D eigenvalue weighted by atomic mass is 19.1. The topological polar surface area (TPSA) is 91.0 Å². The minimum Gasteiger partial charge on any atom is -0.381 e. The Labute approximate surface area is 246 Å². The van der Waals surface area contributed by atoms with E-state index in [9.17, 15) is 14.4 Å². The molecule has 0 aromatic heterocycles. The lowest BCUT2D eigenvalue weighted by molar-refractivity contribution is -0.182. The van der Waals surface area contributed by atoms with Crippen LogP contribution in [0.5, 0.6) is 0 Å². The molecule has 5 rings (SSSR count). The Bertz CT molecular complexity index is 1990. The van der Waals surface area contributed by atoms with Crippen molar-refractivity contribution in [1.29, 1.82) is 0 Å². The number of nitrogens with one attached hydrogen (secondary N) is 2. The van der Waals surface area contributed by atoms with Crippen molar-refractivity contribution in [2.45, 2.75) is 77.1 Å². The maximum Gasteiger partial charge on any atom is 0.255 e. The second kappa shape index (κ2) is 9.78. The number of benzene rings is 2. The maximum atomic E-state index is 16.7. The number of fused-ring (bicyclic) bond motifs is 1. The predicted molar refractivity (Wildman–Crippen MR) is 141 cm³/mol. The summed E-state index contributed by atoms with van der Waals surface area (Å²) in [6, 6.07) is 3.19. The average Bonchev–Trinajstić information content (AvgIpc) is 3.19. The zero-order valence-corrected chi connectivity index (χ0v) is 20.4. The molecule has 2 unspecified atom stereocenters. The zero-order chi connectivity index (χ0) is 42.3. The third-order valence-corrected chi connectivity index (χ3v) is 5.54. The van der Waals surface area contributed by atoms with Gasteiger partial charge in [0.05, 0.1) is 16.7 Å². The van der Waals surface area contributed by atoms with Crippen LogP contribution >= 0.6 is 0 Å². The SMILES string of the molecule is [2H]C([2H])(Nc1cccc2c1C([2H])([2H])N(C1C(=O)NC(=O)C([2H])([2H])C1([2H])[2H])C2=O)c1cccc(C([2H])([2H])N2C([2H])([2H])C(C)(C)OC(C)(C([2H])([2H])[2H])C2([2H])[2H])c1F. The standard InChI is InChI=1S/C29H35FN4O4/c1-28(2)16-33(17-29(3,4)38-28)14-19-8-5-7-18(25(19)30)13-31-22-10-6-9-20-21(22)15-34(27(20)37)23-11-12-24(35)32-26(23)36/h5-10,23,31H,11-17H2,1-4H3,(H,32,35,36)/i1D3,11D2,12D2,13D2,14D2,15D2,16D2,17D2. The monoisotopic (exact) mass is 539 g/mol. The first-order valence-corrected chi connectivity index (χ1v) is 11.4. The van der Waals surface area contributed by atoms with E-state index in [0.29, 0.717) is 0 Å². The van der Waals surface area contributed by atoms with E-state index in [2.05, 4.69) is 5.32 Å². The number of halogens is 1. The zero-order valence-electron chi connectivity index (χ0n) is 37.4. The molecular weight excluding hydrogens is 487 g/mol. The van der Waals surface area contributed by atoms with Crippen LogP contribution in [-0.4, -0.2) is 57.8 Å². The summed E-state index contributed by atoms with van der Waals surface area (Å²) in [6.45, 7) is -17.1. The first-order valence-electron chi connectivity index (χ1n) is 19.9. The number of rotatable bonds is 6. The third-order valence-electron chi connectivity index (χ3n) is 5.54. The van der Waals surface area contributed by atoms with Gasteiger partial charge >= 0.3 is 0 Å². The van der Waals surface area contributed by atoms with Crippen molar-refractivity contribution >= 4 is 23.4 Å². The van der Waals surface area contributed by atoms with Crippen molar-refractivity contribution in [3.63, 3.8) is 0 Å². The predicted octanol–water partition coefficient (Wildman–Crippen LogP) is 3.59. The maximum absolute atomic E-state index is 16.7. The Morgan fingerprint density at radius 1 is 1.16 bits per heavy atom. The van der Waals surface area contributed by atoms with E-state index in [0.717, 1.165) is 57.2 Å². The van der Waals surface area contributed by atoms with Gasteiger partial charge in [-0.15, -0.1) is 0 Å². The number of piperidine rings is 1. The number of imide groups is 1. The van der Waals surface area contributed by atoms with E-state index in [4.69, 9.17) is 28.0 Å². The molecule has 3 heterocycles. The molecule has 0 radical (unpaired) electrons. The minimum absolute atomic E-state index is 0.0759. The molecular formula is C29H35FN4O4. The molecule has 2 saturated heterocycles. The van der Waals surface area contributed by atoms with Crippen molar-refractivity contribution in [1.82, 2.24) is 15.1 Å². The van der Waals surface area contributed by atoms with Gasteiger partial charge in [0, 0.05) is 84.6 Å². The van der Waals surface area contributed by atoms with Crippen LogP contribution in [0.2, 0.25) is 0 Å². The van der Waals surface area contributed by atoms with Gasteiger partial charge in [-0.05, 0) is 46.1 Å². The van der Waals surface area contributed by atoms with Gasteiger partial charge in [0.2, 0.25) is 11.8 Å². The van der Waals surface area contributed by atoms with Crippen LogP contribution in [-0.2, 0) is 33.8 Å². The molecule has 2 fully saturated rings. The van der Waals surface area contributed by atoms with E-state index in [1.807, 2.05) is 0 Å². The fourth-order valence-electron chi connectivity index (χ4n) is 4.12. The summed E-state index contributed by atoms with van der Waals surface area (Å²) >= 11 is 0. The van der Waals surface area contributed by atoms with Gasteiger partial charge in [0.25, 0.3) is 5.91 Å². The average molecular weight is 540 g/mol. The summed E-state index contributed by atoms with van der Waals surface area (Å²) in [7, 11) is 0. The van der Waals surface area contributed by atoms with Gasteiger partial charge in [-0.25, -0.2) is 4.39 Å². The van der Waals surface area contributed by atoms with E-state index < -0.39 is 121 Å². The van der Waals surface area contributed by atoms with Gasteiger partial charge in [0.1, 0.15) is 11.9 Å². The Kier molecular flexibility index (Phi) is 3.27. The molecule has 8 nitrogen and oxygen atoms in total. The Hall–Kier alpha value is -3.30. The van der Waals surface area contributed by atoms with E-state index in [1.165, 1.54) is 0 Å². The lowest BCUT2D eigenvalue weighted by Gasteiger charge is -2.47. The number of carbonyl (C=O) groups excluding carboxylic acids is 3. The van der Waals surface area contributed by atoms with Crippen LogP contribution in [0.4, 0.5) is 10.1 Å². The summed E-state index contributed by atoms with van der Waals surface area (Å²) in [5.41, 5.74) is -9.10. The van der Waals surface area contributed by atoms with Crippen LogP contribution in [0.3, 0.4) is 0 Å². The molecule has 3 amide bonds. The summed E-state index contributed by atoms with van der Waals surface area (Å²) < 4.78 is 167. The summed E-state index contributed by atoms with van der Waals surface area (Å²) in [6.07, 6.45) is -6.91. The molecule has 38 heavy (non-hydrogen) atoms. The highest BCUT2D eigenvalue weighted by molar-refractivity contribution is 6.06. The molecule has 0 saturated carbocycles. The summed E-state index contributed by atoms with van der Waals surface area (Å²) in [5.74, 6) is -6.25. The molecule has 2 atom stereocenters. The van der Waals surface area contributed by atoms with E-state index in [1.54, 1.807) is 5.32 Å². The normalized spacial score (nSPS) is 39.7. The van der Waals surface area contributed by atoms with Crippen LogP contribution in [0, 0.1) is 5.82 Å². The fourth-order valence-corrected chi connectivity index (χ4v) is 4.12. The first-order chi connectivity index (χ1) is 24.5.